The van der Waals surface area contributed by atoms with E-state index in [2.05, 4.69) is 15.0 Å². The fraction of sp³-hybridized carbons (Fsp3) is 0.100. The van der Waals surface area contributed by atoms with Crippen molar-refractivity contribution in [3.05, 3.63) is 46.1 Å². The van der Waals surface area contributed by atoms with Crippen molar-refractivity contribution < 1.29 is 9.66 Å². The van der Waals surface area contributed by atoms with Gasteiger partial charge in [-0.3, -0.25) is 0 Å². The number of ether oxygens (including phenoxy) is 1. The van der Waals surface area contributed by atoms with Gasteiger partial charge in [0.2, 0.25) is 10.9 Å². The van der Waals surface area contributed by atoms with Gasteiger partial charge in [0.05, 0.1) is 6.26 Å². The highest BCUT2D eigenvalue weighted by Crippen LogP contribution is 2.26. The maximum Gasteiger partial charge on any atom is 0.470 e. The van der Waals surface area contributed by atoms with E-state index < -0.39 is 17.1 Å². The Kier molecular flexibility index (Phi) is 2.64. The van der Waals surface area contributed by atoms with E-state index in [1.165, 1.54) is 17.0 Å². The Morgan fingerprint density at radius 3 is 2.95 bits per heavy atom. The van der Waals surface area contributed by atoms with Gasteiger partial charge in [-0.05, 0) is 33.7 Å². The highest BCUT2D eigenvalue weighted by molar-refractivity contribution is 6.29. The molecule has 0 aromatic carbocycles. The average Bonchev–Trinajstić information content (AvgIpc) is 2.74. The minimum Gasteiger partial charge on any atom is -0.474 e. The van der Waals surface area contributed by atoms with Gasteiger partial charge in [-0.15, -0.1) is 0 Å². The zero-order valence-electron chi connectivity index (χ0n) is 9.30. The van der Waals surface area contributed by atoms with Crippen molar-refractivity contribution in [3.8, 4) is 0 Å². The SMILES string of the molecule is O=[N+]([O-])c1ncc2nc(Cl)n(C3C=CC=CO3)c2n1. The number of imidazole rings is 1. The van der Waals surface area contributed by atoms with Crippen LogP contribution in [0, 0.1) is 10.1 Å². The van der Waals surface area contributed by atoms with E-state index in [0.29, 0.717) is 5.52 Å². The zero-order chi connectivity index (χ0) is 13.4. The maximum absolute atomic E-state index is 10.7. The smallest absolute Gasteiger partial charge is 0.470 e. The Hall–Kier alpha value is -2.48. The third-order valence-corrected chi connectivity index (χ3v) is 2.74. The molecular formula is C10H6ClN5O3. The summed E-state index contributed by atoms with van der Waals surface area (Å²) in [6, 6.07) is 0. The standard InChI is InChI=1S/C10H6ClN5O3/c11-9-13-6-5-12-10(16(17)18)14-8(6)15(9)7-3-1-2-4-19-7/h1-5,7H. The van der Waals surface area contributed by atoms with E-state index in [9.17, 15) is 10.1 Å². The molecule has 1 aliphatic rings. The van der Waals surface area contributed by atoms with E-state index >= 15 is 0 Å². The second-order valence-corrected chi connectivity index (χ2v) is 3.96. The molecule has 3 rings (SSSR count). The Bertz CT molecular complexity index is 723. The van der Waals surface area contributed by atoms with Crippen LogP contribution in [-0.4, -0.2) is 24.4 Å². The second-order valence-electron chi connectivity index (χ2n) is 3.63. The van der Waals surface area contributed by atoms with Gasteiger partial charge in [0.15, 0.2) is 11.7 Å². The van der Waals surface area contributed by atoms with Crippen LogP contribution in [0.1, 0.15) is 6.23 Å². The molecule has 0 saturated heterocycles. The van der Waals surface area contributed by atoms with Gasteiger partial charge in [0.1, 0.15) is 6.20 Å². The molecule has 8 nitrogen and oxygen atoms in total. The molecule has 0 bridgehead atoms. The lowest BCUT2D eigenvalue weighted by atomic mass is 10.4. The van der Waals surface area contributed by atoms with Crippen molar-refractivity contribution in [3.63, 3.8) is 0 Å². The quantitative estimate of drug-likeness (QED) is 0.474. The lowest BCUT2D eigenvalue weighted by Crippen LogP contribution is -2.10. The topological polar surface area (TPSA) is 96.0 Å². The molecule has 0 N–H and O–H groups in total. The molecule has 9 heteroatoms. The largest absolute Gasteiger partial charge is 0.474 e. The highest BCUT2D eigenvalue weighted by atomic mass is 35.5. The van der Waals surface area contributed by atoms with Crippen LogP contribution in [0.5, 0.6) is 0 Å². The van der Waals surface area contributed by atoms with E-state index in [1.807, 2.05) is 0 Å². The van der Waals surface area contributed by atoms with Crippen LogP contribution < -0.4 is 0 Å². The summed E-state index contributed by atoms with van der Waals surface area (Å²) in [5.41, 5.74) is 0.610. The van der Waals surface area contributed by atoms with Crippen LogP contribution in [0.25, 0.3) is 11.2 Å². The minimum absolute atomic E-state index is 0.120. The van der Waals surface area contributed by atoms with Crippen molar-refractivity contribution in [2.75, 3.05) is 0 Å². The van der Waals surface area contributed by atoms with Crippen LogP contribution >= 0.6 is 11.6 Å². The van der Waals surface area contributed by atoms with E-state index in [1.54, 1.807) is 18.2 Å². The monoisotopic (exact) mass is 279 g/mol. The minimum atomic E-state index is -0.678. The van der Waals surface area contributed by atoms with Crippen molar-refractivity contribution in [1.29, 1.82) is 0 Å². The molecular weight excluding hydrogens is 274 g/mol. The van der Waals surface area contributed by atoms with Crippen molar-refractivity contribution in [1.82, 2.24) is 19.5 Å². The van der Waals surface area contributed by atoms with Gasteiger partial charge in [0, 0.05) is 0 Å². The Labute approximate surface area is 111 Å². The van der Waals surface area contributed by atoms with Crippen molar-refractivity contribution in [2.24, 2.45) is 0 Å². The first-order valence-corrected chi connectivity index (χ1v) is 5.58. The molecule has 1 unspecified atom stereocenters. The molecule has 0 aliphatic carbocycles. The number of fused-ring (bicyclic) bond motifs is 1. The van der Waals surface area contributed by atoms with Crippen LogP contribution in [0.3, 0.4) is 0 Å². The van der Waals surface area contributed by atoms with E-state index in [4.69, 9.17) is 16.3 Å². The fourth-order valence-corrected chi connectivity index (χ4v) is 1.96. The van der Waals surface area contributed by atoms with Gasteiger partial charge in [-0.25, -0.2) is 9.55 Å². The first-order valence-electron chi connectivity index (χ1n) is 5.20. The number of allylic oxidation sites excluding steroid dienone is 2. The summed E-state index contributed by atoms with van der Waals surface area (Å²) in [5.74, 6) is -0.513. The Morgan fingerprint density at radius 1 is 1.42 bits per heavy atom. The third kappa shape index (κ3) is 1.91. The predicted molar refractivity (Wildman–Crippen MR) is 65.4 cm³/mol. The van der Waals surface area contributed by atoms with Gasteiger partial charge in [-0.1, -0.05) is 11.1 Å². The molecule has 0 radical (unpaired) electrons. The zero-order valence-corrected chi connectivity index (χ0v) is 10.1. The average molecular weight is 280 g/mol. The molecule has 0 saturated carbocycles. The molecule has 1 aliphatic heterocycles. The molecule has 2 aromatic rings. The summed E-state index contributed by atoms with van der Waals surface area (Å²) in [7, 11) is 0. The number of rotatable bonds is 2. The van der Waals surface area contributed by atoms with Crippen LogP contribution in [0.15, 0.2) is 30.7 Å². The van der Waals surface area contributed by atoms with Gasteiger partial charge in [0.25, 0.3) is 0 Å². The lowest BCUT2D eigenvalue weighted by Gasteiger charge is -2.16. The summed E-state index contributed by atoms with van der Waals surface area (Å²) in [6.07, 6.45) is 7.40. The third-order valence-electron chi connectivity index (χ3n) is 2.48. The van der Waals surface area contributed by atoms with Crippen molar-refractivity contribution >= 4 is 28.7 Å². The summed E-state index contributed by atoms with van der Waals surface area (Å²) < 4.78 is 6.80. The highest BCUT2D eigenvalue weighted by Gasteiger charge is 2.23. The van der Waals surface area contributed by atoms with Crippen molar-refractivity contribution in [2.45, 2.75) is 6.23 Å². The molecule has 2 aromatic heterocycles. The van der Waals surface area contributed by atoms with Gasteiger partial charge in [-0.2, -0.15) is 0 Å². The lowest BCUT2D eigenvalue weighted by molar-refractivity contribution is -0.394. The number of nitro groups is 1. The molecule has 1 atom stereocenters. The number of hydrogen-bond donors (Lipinski definition) is 0. The summed E-state index contributed by atoms with van der Waals surface area (Å²) in [4.78, 5) is 21.5. The van der Waals surface area contributed by atoms with Crippen LogP contribution in [0.4, 0.5) is 5.95 Å². The maximum atomic E-state index is 10.7. The molecule has 0 amide bonds. The Balaban J connectivity index is 2.19. The first kappa shape index (κ1) is 11.6. The summed E-state index contributed by atoms with van der Waals surface area (Å²) in [5, 5.41) is 10.8. The molecule has 0 fully saturated rings. The van der Waals surface area contributed by atoms with Crippen LogP contribution in [-0.2, 0) is 4.74 Å². The van der Waals surface area contributed by atoms with E-state index in [-0.39, 0.29) is 10.9 Å². The number of nitrogens with zero attached hydrogens (tertiary/aromatic N) is 5. The fourth-order valence-electron chi connectivity index (χ4n) is 1.69. The van der Waals surface area contributed by atoms with Gasteiger partial charge >= 0.3 is 5.95 Å². The number of halogens is 1. The summed E-state index contributed by atoms with van der Waals surface area (Å²) in [6.45, 7) is 0. The second kappa shape index (κ2) is 4.32. The molecule has 3 heterocycles. The molecule has 19 heavy (non-hydrogen) atoms. The van der Waals surface area contributed by atoms with Gasteiger partial charge < -0.3 is 14.9 Å². The number of hydrogen-bond acceptors (Lipinski definition) is 6. The molecule has 96 valence electrons. The normalized spacial score (nSPS) is 17.6. The summed E-state index contributed by atoms with van der Waals surface area (Å²) >= 11 is 6.01. The Morgan fingerprint density at radius 2 is 2.26 bits per heavy atom. The first-order chi connectivity index (χ1) is 9.16. The predicted octanol–water partition coefficient (Wildman–Crippen LogP) is 1.99. The number of aromatic nitrogens is 4. The molecule has 0 spiro atoms. The van der Waals surface area contributed by atoms with E-state index in [0.717, 1.165) is 0 Å². The van der Waals surface area contributed by atoms with Crippen LogP contribution in [0.2, 0.25) is 5.28 Å².